The van der Waals surface area contributed by atoms with Crippen LogP contribution in [0.25, 0.3) is 0 Å². The molecule has 0 saturated heterocycles. The first kappa shape index (κ1) is 46.4. The average molecular weight is 732 g/mol. The van der Waals surface area contributed by atoms with Crippen LogP contribution in [0, 0.1) is 0 Å². The summed E-state index contributed by atoms with van der Waals surface area (Å²) in [7, 11) is -8.95. The van der Waals surface area contributed by atoms with Crippen molar-refractivity contribution in [2.45, 2.75) is 193 Å². The van der Waals surface area contributed by atoms with Crippen molar-refractivity contribution in [1.29, 1.82) is 0 Å². The van der Waals surface area contributed by atoms with Crippen molar-refractivity contribution in [3.63, 3.8) is 0 Å². The molecular formula is C39H75NO7P2. The molecule has 49 heavy (non-hydrogen) atoms. The van der Waals surface area contributed by atoms with Crippen LogP contribution >= 0.6 is 15.2 Å². The molecule has 10 heteroatoms. The van der Waals surface area contributed by atoms with E-state index in [9.17, 15) is 5.11 Å². The van der Waals surface area contributed by atoms with Crippen molar-refractivity contribution in [2.75, 3.05) is 26.4 Å². The second-order valence-electron chi connectivity index (χ2n) is 13.7. The zero-order chi connectivity index (χ0) is 35.9. The highest BCUT2D eigenvalue weighted by Gasteiger charge is 2.65. The van der Waals surface area contributed by atoms with Gasteiger partial charge in [0, 0.05) is 18.8 Å². The number of nitrogens with zero attached hydrogens (tertiary/aromatic N) is 1. The molecule has 1 aromatic rings. The van der Waals surface area contributed by atoms with Gasteiger partial charge in [-0.05, 0) is 37.3 Å². The largest absolute Gasteiger partial charge is 0.374 e. The molecular weight excluding hydrogens is 656 g/mol. The maximum atomic E-state index is 15.1. The Morgan fingerprint density at radius 3 is 1.12 bits per heavy atom. The predicted octanol–water partition coefficient (Wildman–Crippen LogP) is 13.2. The molecule has 1 aromatic heterocycles. The first-order valence-electron chi connectivity index (χ1n) is 20.2. The molecule has 0 atom stereocenters. The number of hydrogen-bond donors (Lipinski definition) is 1. The normalized spacial score (nSPS) is 12.6. The van der Waals surface area contributed by atoms with Crippen LogP contribution in [-0.2, 0) is 33.6 Å². The molecule has 288 valence electrons. The number of unbranched alkanes of at least 4 members (excludes halogenated alkanes) is 20. The molecule has 1 heterocycles. The fraction of sp³-hybridized carbons (Fsp3) is 0.872. The van der Waals surface area contributed by atoms with Gasteiger partial charge in [-0.2, -0.15) is 0 Å². The van der Waals surface area contributed by atoms with Gasteiger partial charge in [0.15, 0.2) is 0 Å². The lowest BCUT2D eigenvalue weighted by atomic mass is 10.1. The van der Waals surface area contributed by atoms with E-state index in [0.29, 0.717) is 31.2 Å². The lowest BCUT2D eigenvalue weighted by Gasteiger charge is -2.39. The minimum Gasteiger partial charge on any atom is -0.367 e. The van der Waals surface area contributed by atoms with Crippen molar-refractivity contribution < 1.29 is 32.3 Å². The first-order valence-corrected chi connectivity index (χ1v) is 23.3. The highest BCUT2D eigenvalue weighted by molar-refractivity contribution is 7.73. The van der Waals surface area contributed by atoms with Crippen LogP contribution in [0.15, 0.2) is 24.5 Å². The summed E-state index contributed by atoms with van der Waals surface area (Å²) in [5.41, 5.74) is 0.558. The molecule has 1 rings (SSSR count). The average Bonchev–Trinajstić information content (AvgIpc) is 3.10. The smallest absolute Gasteiger partial charge is 0.367 e. The van der Waals surface area contributed by atoms with Crippen LogP contribution in [0.5, 0.6) is 0 Å². The Morgan fingerprint density at radius 1 is 0.531 bits per heavy atom. The number of aromatic nitrogens is 1. The van der Waals surface area contributed by atoms with Crippen molar-refractivity contribution in [3.8, 4) is 0 Å². The lowest BCUT2D eigenvalue weighted by Crippen LogP contribution is -2.36. The SMILES string of the molecule is CCCCCCCCOP(=O)(OCCCCCCCC)C(O)(Cc1cccnc1)P(=O)(OCCCCCCCC)OCCCCCCCC. The summed E-state index contributed by atoms with van der Waals surface area (Å²) in [6.07, 6.45) is 27.4. The van der Waals surface area contributed by atoms with Crippen LogP contribution in [0.1, 0.15) is 187 Å². The topological polar surface area (TPSA) is 104 Å². The molecule has 0 unspecified atom stereocenters. The summed E-state index contributed by atoms with van der Waals surface area (Å²) >= 11 is 0. The molecule has 0 aliphatic heterocycles. The molecule has 1 N–H and O–H groups in total. The van der Waals surface area contributed by atoms with Crippen molar-refractivity contribution in [2.24, 2.45) is 0 Å². The van der Waals surface area contributed by atoms with Gasteiger partial charge >= 0.3 is 15.2 Å². The van der Waals surface area contributed by atoms with E-state index in [4.69, 9.17) is 18.1 Å². The summed E-state index contributed by atoms with van der Waals surface area (Å²) < 4.78 is 54.8. The van der Waals surface area contributed by atoms with Crippen LogP contribution < -0.4 is 0 Å². The summed E-state index contributed by atoms with van der Waals surface area (Å²) in [4.78, 5) is 4.22. The third kappa shape index (κ3) is 19.7. The van der Waals surface area contributed by atoms with Gasteiger partial charge in [-0.1, -0.05) is 162 Å². The van der Waals surface area contributed by atoms with Crippen LogP contribution in [0.3, 0.4) is 0 Å². The second kappa shape index (κ2) is 29.9. The lowest BCUT2D eigenvalue weighted by molar-refractivity contribution is 0.0749. The van der Waals surface area contributed by atoms with E-state index in [1.165, 1.54) is 25.7 Å². The molecule has 0 amide bonds. The number of hydrogen-bond acceptors (Lipinski definition) is 8. The molecule has 0 radical (unpaired) electrons. The Bertz CT molecular complexity index is 883. The molecule has 8 nitrogen and oxygen atoms in total. The predicted molar refractivity (Wildman–Crippen MR) is 205 cm³/mol. The quantitative estimate of drug-likeness (QED) is 0.0537. The molecule has 0 spiro atoms. The fourth-order valence-corrected chi connectivity index (χ4v) is 11.0. The maximum absolute atomic E-state index is 15.1. The van der Waals surface area contributed by atoms with Crippen LogP contribution in [-0.4, -0.2) is 41.6 Å². The van der Waals surface area contributed by atoms with Gasteiger partial charge in [0.1, 0.15) is 0 Å². The minimum absolute atomic E-state index is 0.129. The molecule has 0 aromatic carbocycles. The summed E-state index contributed by atoms with van der Waals surface area (Å²) in [6.45, 7) is 9.26. The molecule has 0 saturated carbocycles. The van der Waals surface area contributed by atoms with E-state index >= 15 is 9.13 Å². The highest BCUT2D eigenvalue weighted by Crippen LogP contribution is 2.77. The Hall–Kier alpha value is -0.590. The zero-order valence-corrected chi connectivity index (χ0v) is 33.8. The van der Waals surface area contributed by atoms with Crippen molar-refractivity contribution >= 4 is 15.2 Å². The van der Waals surface area contributed by atoms with E-state index in [1.807, 2.05) is 0 Å². The van der Waals surface area contributed by atoms with Gasteiger partial charge in [-0.15, -0.1) is 0 Å². The van der Waals surface area contributed by atoms with E-state index in [0.717, 1.165) is 103 Å². The molecule has 0 fully saturated rings. The van der Waals surface area contributed by atoms with E-state index in [-0.39, 0.29) is 32.8 Å². The van der Waals surface area contributed by atoms with E-state index in [2.05, 4.69) is 32.7 Å². The van der Waals surface area contributed by atoms with Gasteiger partial charge in [0.25, 0.3) is 5.08 Å². The summed E-state index contributed by atoms with van der Waals surface area (Å²) in [5.74, 6) is 0. The number of aliphatic hydroxyl groups is 1. The third-order valence-electron chi connectivity index (χ3n) is 9.08. The Balaban J connectivity index is 3.35. The minimum atomic E-state index is -4.48. The monoisotopic (exact) mass is 732 g/mol. The Labute approximate surface area is 301 Å². The fourth-order valence-electron chi connectivity index (χ4n) is 5.88. The Kier molecular flexibility index (Phi) is 28.4. The van der Waals surface area contributed by atoms with Gasteiger partial charge < -0.3 is 23.2 Å². The van der Waals surface area contributed by atoms with Gasteiger partial charge in [-0.25, -0.2) is 0 Å². The molecule has 0 bridgehead atoms. The standard InChI is InChI=1S/C39H75NO7P2/c1-5-9-13-17-21-25-32-44-48(42,45-33-26-22-18-14-10-6-2)39(41,36-38-30-29-31-40-37-38)49(43,46-34-27-23-19-15-11-7-3)47-35-28-24-20-16-12-8-4/h29-31,37,41H,5-28,32-36H2,1-4H3. The van der Waals surface area contributed by atoms with Crippen molar-refractivity contribution in [3.05, 3.63) is 30.1 Å². The molecule has 0 aliphatic rings. The van der Waals surface area contributed by atoms with E-state index in [1.54, 1.807) is 24.5 Å². The zero-order valence-electron chi connectivity index (χ0n) is 32.1. The van der Waals surface area contributed by atoms with Crippen LogP contribution in [0.4, 0.5) is 0 Å². The van der Waals surface area contributed by atoms with Gasteiger partial charge in [0.2, 0.25) is 0 Å². The molecule has 0 aliphatic carbocycles. The van der Waals surface area contributed by atoms with Crippen molar-refractivity contribution in [1.82, 2.24) is 4.98 Å². The second-order valence-corrected chi connectivity index (χ2v) is 18.6. The van der Waals surface area contributed by atoms with Gasteiger partial charge in [-0.3, -0.25) is 14.1 Å². The van der Waals surface area contributed by atoms with Crippen LogP contribution in [0.2, 0.25) is 0 Å². The van der Waals surface area contributed by atoms with E-state index < -0.39 is 20.3 Å². The summed E-state index contributed by atoms with van der Waals surface area (Å²) in [5, 5.41) is 10.2. The number of rotatable bonds is 36. The number of pyridine rings is 1. The summed E-state index contributed by atoms with van der Waals surface area (Å²) in [6, 6.07) is 3.52. The van der Waals surface area contributed by atoms with Gasteiger partial charge in [0.05, 0.1) is 26.4 Å². The highest BCUT2D eigenvalue weighted by atomic mass is 31.2. The Morgan fingerprint density at radius 2 is 0.837 bits per heavy atom. The first-order chi connectivity index (χ1) is 23.8. The maximum Gasteiger partial charge on any atom is 0.374 e. The third-order valence-corrected chi connectivity index (χ3v) is 14.7.